The van der Waals surface area contributed by atoms with Gasteiger partial charge in [-0.05, 0) is 190 Å². The van der Waals surface area contributed by atoms with Crippen molar-refractivity contribution in [3.63, 3.8) is 0 Å². The van der Waals surface area contributed by atoms with Crippen LogP contribution in [0.2, 0.25) is 0 Å². The molecule has 0 spiro atoms. The Kier molecular flexibility index (Phi) is 29.7. The maximum atomic E-state index is 14.3. The molecule has 3 aromatic rings. The van der Waals surface area contributed by atoms with Crippen LogP contribution in [0.15, 0.2) is 54.6 Å². The van der Waals surface area contributed by atoms with Crippen LogP contribution in [0.1, 0.15) is 192 Å². The van der Waals surface area contributed by atoms with Crippen molar-refractivity contribution >= 4 is 84.4 Å². The number of para-hydroxylation sites is 1. The van der Waals surface area contributed by atoms with E-state index in [0.29, 0.717) is 0 Å². The van der Waals surface area contributed by atoms with E-state index in [9.17, 15) is 47.9 Å². The molecule has 10 amide bonds. The molecule has 0 aromatic heterocycles. The van der Waals surface area contributed by atoms with Crippen LogP contribution in [-0.4, -0.2) is 206 Å². The number of nitrogens with one attached hydrogen (secondary N) is 8. The maximum Gasteiger partial charge on any atom is 0.417 e. The predicted molar refractivity (Wildman–Crippen MR) is 395 cm³/mol. The summed E-state index contributed by atoms with van der Waals surface area (Å²) in [6, 6.07) is 13.4. The lowest BCUT2D eigenvalue weighted by Gasteiger charge is -2.29. The van der Waals surface area contributed by atoms with Gasteiger partial charge in [-0.15, -0.1) is 0 Å². The molecule has 1 aliphatic rings. The zero-order chi connectivity index (χ0) is 82.2. The van der Waals surface area contributed by atoms with E-state index in [1.54, 1.807) is 178 Å². The molecule has 3 aromatic carbocycles. The summed E-state index contributed by atoms with van der Waals surface area (Å²) in [5.41, 5.74) is -8.73. The summed E-state index contributed by atoms with van der Waals surface area (Å²) >= 11 is 0. The SMILES string of the molecule is CC(C)(C)OC(=O)NC(=N)N(CCOc1cccc(-c2ccc(CN3C(=O)c4ccccc4C3=O)c(OCCN(C(=N)NC(=O)OC(C)(C)C)C(=O)OC(C)(C)C)c2OCCN(C(=N)NC(=O)OC(C)(C)C)C(=O)OC(C)(C)C)c1OCCN(C(=N)NC(=O)OC(C)(C)C)C(=O)OC(C)(C)C)C(=O)OC(C)(C)C. The fraction of sp³-hybridized carbons (Fsp3) is 0.562. The van der Waals surface area contributed by atoms with Gasteiger partial charge in [-0.25, -0.2) is 58.0 Å². The van der Waals surface area contributed by atoms with Crippen LogP contribution in [0, 0.1) is 21.6 Å². The third kappa shape index (κ3) is 30.0. The van der Waals surface area contributed by atoms with Crippen molar-refractivity contribution in [2.45, 2.75) is 218 Å². The van der Waals surface area contributed by atoms with Crippen molar-refractivity contribution in [2.75, 3.05) is 52.6 Å². The largest absolute Gasteiger partial charge is 0.488 e. The van der Waals surface area contributed by atoms with E-state index in [4.69, 9.17) is 78.5 Å². The van der Waals surface area contributed by atoms with Crippen LogP contribution in [0.3, 0.4) is 0 Å². The molecule has 1 heterocycles. The number of carbonyl (C=O) groups is 10. The van der Waals surface area contributed by atoms with E-state index < -0.39 is 188 Å². The lowest BCUT2D eigenvalue weighted by molar-refractivity contribution is 0.0319. The molecule has 0 aliphatic carbocycles. The second-order valence-corrected chi connectivity index (χ2v) is 32.1. The van der Waals surface area contributed by atoms with Crippen molar-refractivity contribution in [3.05, 3.63) is 71.3 Å². The van der Waals surface area contributed by atoms with Crippen molar-refractivity contribution < 1.29 is 105 Å². The number of rotatable bonds is 19. The van der Waals surface area contributed by atoms with Gasteiger partial charge in [-0.2, -0.15) is 0 Å². The van der Waals surface area contributed by atoms with E-state index in [-0.39, 0.29) is 50.8 Å². The first-order valence-corrected chi connectivity index (χ1v) is 34.4. The number of hydrogen-bond donors (Lipinski definition) is 8. The van der Waals surface area contributed by atoms with Crippen LogP contribution in [0.5, 0.6) is 23.0 Å². The molecule has 108 heavy (non-hydrogen) atoms. The predicted octanol–water partition coefficient (Wildman–Crippen LogP) is 12.5. The van der Waals surface area contributed by atoms with Gasteiger partial charge < -0.3 is 56.8 Å². The Hall–Kier alpha value is -11.2. The molecule has 0 atom stereocenters. The number of guanidine groups is 4. The topological polar surface area (TPSA) is 441 Å². The van der Waals surface area contributed by atoms with E-state index in [0.717, 1.165) is 24.5 Å². The minimum Gasteiger partial charge on any atom is -0.488 e. The number of hydrogen-bond acceptors (Lipinski definition) is 26. The van der Waals surface area contributed by atoms with Gasteiger partial charge in [0, 0.05) is 16.7 Å². The number of nitrogens with zero attached hydrogens (tertiary/aromatic N) is 5. The third-order valence-corrected chi connectivity index (χ3v) is 12.9. The van der Waals surface area contributed by atoms with Gasteiger partial charge >= 0.3 is 48.7 Å². The molecule has 0 saturated carbocycles. The molecule has 35 heteroatoms. The number of ether oxygens (including phenoxy) is 12. The first-order chi connectivity index (χ1) is 49.3. The van der Waals surface area contributed by atoms with Gasteiger partial charge in [0.1, 0.15) is 71.2 Å². The van der Waals surface area contributed by atoms with Crippen LogP contribution in [0.4, 0.5) is 38.4 Å². The summed E-state index contributed by atoms with van der Waals surface area (Å²) in [6.07, 6.45) is -8.93. The molecule has 4 rings (SSSR count). The first kappa shape index (κ1) is 89.2. The monoisotopic (exact) mass is 1520 g/mol. The van der Waals surface area contributed by atoms with Crippen LogP contribution >= 0.6 is 0 Å². The molecule has 0 radical (unpaired) electrons. The smallest absolute Gasteiger partial charge is 0.417 e. The first-order valence-electron chi connectivity index (χ1n) is 34.4. The summed E-state index contributed by atoms with van der Waals surface area (Å²) < 4.78 is 70.9. The van der Waals surface area contributed by atoms with Gasteiger partial charge in [0.25, 0.3) is 11.8 Å². The highest BCUT2D eigenvalue weighted by molar-refractivity contribution is 6.21. The average molecular weight is 1520 g/mol. The maximum absolute atomic E-state index is 14.3. The fourth-order valence-corrected chi connectivity index (χ4v) is 9.07. The number of fused-ring (bicyclic) bond motifs is 1. The summed E-state index contributed by atoms with van der Waals surface area (Å²) in [7, 11) is 0. The molecule has 0 saturated heterocycles. The molecule has 1 aliphatic heterocycles. The van der Waals surface area contributed by atoms with Gasteiger partial charge in [0.15, 0.2) is 23.0 Å². The lowest BCUT2D eigenvalue weighted by atomic mass is 9.99. The lowest BCUT2D eigenvalue weighted by Crippen LogP contribution is -2.50. The highest BCUT2D eigenvalue weighted by atomic mass is 16.6. The number of amides is 10. The molecular formula is C73H107N13O22. The van der Waals surface area contributed by atoms with E-state index in [1.165, 1.54) is 42.5 Å². The second kappa shape index (κ2) is 36.0. The van der Waals surface area contributed by atoms with Crippen molar-refractivity contribution in [1.29, 1.82) is 21.6 Å². The zero-order valence-electron chi connectivity index (χ0n) is 66.3. The van der Waals surface area contributed by atoms with E-state index in [1.807, 2.05) is 0 Å². The summed E-state index contributed by atoms with van der Waals surface area (Å²) in [6.45, 7) is 32.4. The Balaban J connectivity index is 2.18. The average Bonchev–Trinajstić information content (AvgIpc) is 1.43. The van der Waals surface area contributed by atoms with Gasteiger partial charge in [-0.3, -0.25) is 57.4 Å². The van der Waals surface area contributed by atoms with Crippen molar-refractivity contribution in [1.82, 2.24) is 45.8 Å². The number of carbonyl (C=O) groups excluding carboxylic acids is 10. The fourth-order valence-electron chi connectivity index (χ4n) is 9.07. The Bertz CT molecular complexity index is 3820. The molecule has 0 unspecified atom stereocenters. The van der Waals surface area contributed by atoms with Crippen LogP contribution in [0.25, 0.3) is 11.1 Å². The molecule has 596 valence electrons. The van der Waals surface area contributed by atoms with Gasteiger partial charge in [-0.1, -0.05) is 30.3 Å². The van der Waals surface area contributed by atoms with Gasteiger partial charge in [0.05, 0.1) is 43.9 Å². The van der Waals surface area contributed by atoms with E-state index in [2.05, 4.69) is 21.3 Å². The molecule has 0 fully saturated rings. The molecule has 0 bridgehead atoms. The highest BCUT2D eigenvalue weighted by Crippen LogP contribution is 2.48. The molecule has 8 N–H and O–H groups in total. The standard InChI is InChI=1S/C73H107N13O22/c1-66(2,3)101-58(89)78-54(74)82(62(93)105-70(13,14)15)34-38-97-48-31-27-30-44(50(48)99-40-36-84(64(95)107-72(19,20)21)56(76)80-60(91)103-68(7,8)9)45-33-32-43(42-86-52(87)46-28-25-26-29-47(46)53(86)88)49(98-39-35-83(63(94)106-71(16,17)18)55(75)79-59(90)102-67(4,5)6)51(45)100-41-37-85(65(96)108-73(22,23)24)57(77)81-61(92)104-69(10,11)12/h25-33H,34-42H2,1-24H3,(H2,74,78,89)(H2,75,79,90)(H2,76,80,91)(H2,77,81,92). The Labute approximate surface area is 629 Å². The number of benzene rings is 3. The second-order valence-electron chi connectivity index (χ2n) is 32.1. The zero-order valence-corrected chi connectivity index (χ0v) is 66.3. The minimum absolute atomic E-state index is 0.00390. The van der Waals surface area contributed by atoms with Crippen LogP contribution in [-0.2, 0) is 44.4 Å². The van der Waals surface area contributed by atoms with Crippen molar-refractivity contribution in [3.8, 4) is 34.1 Å². The van der Waals surface area contributed by atoms with Gasteiger partial charge in [0.2, 0.25) is 23.8 Å². The van der Waals surface area contributed by atoms with E-state index >= 15 is 0 Å². The third-order valence-electron chi connectivity index (χ3n) is 12.9. The summed E-state index contributed by atoms with van der Waals surface area (Å²) in [5.74, 6) is -5.73. The van der Waals surface area contributed by atoms with Crippen molar-refractivity contribution in [2.24, 2.45) is 0 Å². The highest BCUT2D eigenvalue weighted by Gasteiger charge is 2.39. The Morgan fingerprint density at radius 2 is 0.583 bits per heavy atom. The molecular weight excluding hydrogens is 1410 g/mol. The number of alkyl carbamates (subject to hydrolysis) is 4. The minimum atomic E-state index is -1.18. The summed E-state index contributed by atoms with van der Waals surface area (Å²) in [5, 5.41) is 44.9. The number of imide groups is 1. The van der Waals surface area contributed by atoms with Crippen LogP contribution < -0.4 is 40.2 Å². The molecule has 35 nitrogen and oxygen atoms in total. The Morgan fingerprint density at radius 3 is 0.880 bits per heavy atom. The Morgan fingerprint density at radius 1 is 0.324 bits per heavy atom. The normalized spacial score (nSPS) is 12.5. The summed E-state index contributed by atoms with van der Waals surface area (Å²) in [4.78, 5) is 142. The quantitative estimate of drug-likeness (QED) is 0.0239.